The second kappa shape index (κ2) is 6.87. The lowest BCUT2D eigenvalue weighted by Crippen LogP contribution is -2.39. The van der Waals surface area contributed by atoms with Crippen LogP contribution in [0.3, 0.4) is 0 Å². The standard InChI is InChI=1S/C18H22N6O2/c1-11(25)12-2-4-14(5-3-12)21-18(26)17-16-13(9-20-23-16)8-15(22-17)24-7-6-19-10-24/h6-12,14,25H,2-5H2,1H3,(H,20,23)(H,21,26)/t11-,12-,14-/m0/s1. The summed E-state index contributed by atoms with van der Waals surface area (Å²) in [7, 11) is 0. The second-order valence-corrected chi connectivity index (χ2v) is 6.96. The minimum atomic E-state index is -0.287. The lowest BCUT2D eigenvalue weighted by Gasteiger charge is -2.30. The van der Waals surface area contributed by atoms with Crippen molar-refractivity contribution in [3.8, 4) is 5.82 Å². The molecule has 1 aliphatic rings. The van der Waals surface area contributed by atoms with E-state index in [2.05, 4.69) is 25.5 Å². The predicted molar refractivity (Wildman–Crippen MR) is 95.9 cm³/mol. The molecule has 26 heavy (non-hydrogen) atoms. The first kappa shape index (κ1) is 16.7. The summed E-state index contributed by atoms with van der Waals surface area (Å²) in [5.41, 5.74) is 0.963. The van der Waals surface area contributed by atoms with Crippen molar-refractivity contribution in [3.05, 3.63) is 36.7 Å². The van der Waals surface area contributed by atoms with Crippen LogP contribution in [0.15, 0.2) is 31.0 Å². The van der Waals surface area contributed by atoms with Gasteiger partial charge in [0.1, 0.15) is 12.1 Å². The summed E-state index contributed by atoms with van der Waals surface area (Å²) in [4.78, 5) is 21.4. The molecule has 136 valence electrons. The number of fused-ring (bicyclic) bond motifs is 1. The van der Waals surface area contributed by atoms with E-state index >= 15 is 0 Å². The number of nitrogens with zero attached hydrogens (tertiary/aromatic N) is 4. The molecule has 0 aliphatic heterocycles. The molecule has 0 radical (unpaired) electrons. The van der Waals surface area contributed by atoms with Gasteiger partial charge in [-0.3, -0.25) is 14.5 Å². The van der Waals surface area contributed by atoms with E-state index < -0.39 is 0 Å². The van der Waals surface area contributed by atoms with Gasteiger partial charge in [0.25, 0.3) is 5.91 Å². The van der Waals surface area contributed by atoms with Gasteiger partial charge in [0.2, 0.25) is 0 Å². The van der Waals surface area contributed by atoms with Crippen LogP contribution in [-0.2, 0) is 0 Å². The molecule has 0 unspecified atom stereocenters. The number of aromatic nitrogens is 5. The molecule has 1 aliphatic carbocycles. The first-order chi connectivity index (χ1) is 12.6. The summed E-state index contributed by atoms with van der Waals surface area (Å²) in [6, 6.07) is 1.97. The van der Waals surface area contributed by atoms with E-state index in [1.165, 1.54) is 0 Å². The largest absolute Gasteiger partial charge is 0.393 e. The third-order valence-corrected chi connectivity index (χ3v) is 5.19. The number of carbonyl (C=O) groups excluding carboxylic acids is 1. The maximum atomic E-state index is 12.9. The molecule has 3 N–H and O–H groups in total. The van der Waals surface area contributed by atoms with Crippen LogP contribution in [0.25, 0.3) is 16.7 Å². The van der Waals surface area contributed by atoms with Crippen LogP contribution in [0.4, 0.5) is 0 Å². The van der Waals surface area contributed by atoms with Crippen molar-refractivity contribution in [2.75, 3.05) is 0 Å². The number of nitrogens with one attached hydrogen (secondary N) is 2. The van der Waals surface area contributed by atoms with Gasteiger partial charge in [-0.15, -0.1) is 0 Å². The van der Waals surface area contributed by atoms with Crippen molar-refractivity contribution >= 4 is 16.8 Å². The van der Waals surface area contributed by atoms with Gasteiger partial charge < -0.3 is 10.4 Å². The molecule has 0 bridgehead atoms. The number of carbonyl (C=O) groups is 1. The number of aliphatic hydroxyl groups is 1. The van der Waals surface area contributed by atoms with Crippen molar-refractivity contribution < 1.29 is 9.90 Å². The van der Waals surface area contributed by atoms with Gasteiger partial charge >= 0.3 is 0 Å². The number of hydrogen-bond acceptors (Lipinski definition) is 5. The molecule has 3 aromatic rings. The Hall–Kier alpha value is -2.74. The number of hydrogen-bond donors (Lipinski definition) is 3. The number of aromatic amines is 1. The van der Waals surface area contributed by atoms with E-state index in [0.29, 0.717) is 22.9 Å². The molecular weight excluding hydrogens is 332 g/mol. The highest BCUT2D eigenvalue weighted by Gasteiger charge is 2.26. The van der Waals surface area contributed by atoms with Gasteiger partial charge in [0.15, 0.2) is 5.69 Å². The summed E-state index contributed by atoms with van der Waals surface area (Å²) in [5, 5.41) is 20.6. The Labute approximate surface area is 150 Å². The maximum absolute atomic E-state index is 12.9. The third-order valence-electron chi connectivity index (χ3n) is 5.19. The molecule has 0 spiro atoms. The molecule has 8 nitrogen and oxygen atoms in total. The van der Waals surface area contributed by atoms with Crippen molar-refractivity contribution in [2.24, 2.45) is 5.92 Å². The minimum Gasteiger partial charge on any atom is -0.393 e. The van der Waals surface area contributed by atoms with Gasteiger partial charge in [-0.25, -0.2) is 9.97 Å². The van der Waals surface area contributed by atoms with Gasteiger partial charge in [0, 0.05) is 23.8 Å². The fourth-order valence-electron chi connectivity index (χ4n) is 3.63. The van der Waals surface area contributed by atoms with E-state index in [9.17, 15) is 9.90 Å². The van der Waals surface area contributed by atoms with E-state index in [1.54, 1.807) is 29.5 Å². The Bertz CT molecular complexity index is 894. The molecular formula is C18H22N6O2. The highest BCUT2D eigenvalue weighted by molar-refractivity contribution is 6.04. The number of imidazole rings is 1. The van der Waals surface area contributed by atoms with Gasteiger partial charge in [-0.05, 0) is 44.6 Å². The number of rotatable bonds is 4. The Morgan fingerprint density at radius 1 is 1.38 bits per heavy atom. The molecule has 1 saturated carbocycles. The van der Waals surface area contributed by atoms with E-state index in [4.69, 9.17) is 0 Å². The number of H-pyrrole nitrogens is 1. The van der Waals surface area contributed by atoms with Crippen LogP contribution in [0.5, 0.6) is 0 Å². The molecule has 1 amide bonds. The van der Waals surface area contributed by atoms with Crippen molar-refractivity contribution in [3.63, 3.8) is 0 Å². The van der Waals surface area contributed by atoms with Crippen molar-refractivity contribution in [2.45, 2.75) is 44.8 Å². The van der Waals surface area contributed by atoms with Crippen LogP contribution in [-0.4, -0.2) is 47.9 Å². The molecule has 4 rings (SSSR count). The predicted octanol–water partition coefficient (Wildman–Crippen LogP) is 1.81. The highest BCUT2D eigenvalue weighted by atomic mass is 16.3. The zero-order valence-corrected chi connectivity index (χ0v) is 14.6. The first-order valence-corrected chi connectivity index (χ1v) is 8.93. The topological polar surface area (TPSA) is 109 Å². The van der Waals surface area contributed by atoms with Crippen molar-refractivity contribution in [1.29, 1.82) is 0 Å². The van der Waals surface area contributed by atoms with E-state index in [1.807, 2.05) is 13.0 Å². The van der Waals surface area contributed by atoms with Crippen LogP contribution >= 0.6 is 0 Å². The van der Waals surface area contributed by atoms with Crippen LogP contribution in [0, 0.1) is 5.92 Å². The maximum Gasteiger partial charge on any atom is 0.272 e. The van der Waals surface area contributed by atoms with Crippen LogP contribution in [0.2, 0.25) is 0 Å². The fourth-order valence-corrected chi connectivity index (χ4v) is 3.63. The zero-order valence-electron chi connectivity index (χ0n) is 14.6. The summed E-state index contributed by atoms with van der Waals surface area (Å²) >= 11 is 0. The van der Waals surface area contributed by atoms with Gasteiger partial charge in [-0.1, -0.05) is 0 Å². The normalized spacial score (nSPS) is 21.6. The minimum absolute atomic E-state index is 0.106. The fraction of sp³-hybridized carbons (Fsp3) is 0.444. The molecule has 0 aromatic carbocycles. The summed E-state index contributed by atoms with van der Waals surface area (Å²) in [6.45, 7) is 1.84. The summed E-state index contributed by atoms with van der Waals surface area (Å²) < 4.78 is 1.76. The molecule has 3 heterocycles. The summed E-state index contributed by atoms with van der Waals surface area (Å²) in [5.74, 6) is 0.742. The Morgan fingerprint density at radius 3 is 2.88 bits per heavy atom. The SMILES string of the molecule is C[C@H](O)[C@H]1CC[C@H](NC(=O)c2nc(-n3ccnc3)cc3cn[nH]c23)CC1. The van der Waals surface area contributed by atoms with E-state index in [0.717, 1.165) is 31.1 Å². The average molecular weight is 354 g/mol. The molecule has 1 fully saturated rings. The third kappa shape index (κ3) is 3.20. The molecule has 0 saturated heterocycles. The lowest BCUT2D eigenvalue weighted by atomic mass is 9.83. The highest BCUT2D eigenvalue weighted by Crippen LogP contribution is 2.27. The monoisotopic (exact) mass is 354 g/mol. The summed E-state index contributed by atoms with van der Waals surface area (Å²) in [6.07, 6.45) is 10.1. The average Bonchev–Trinajstić information content (AvgIpc) is 3.32. The van der Waals surface area contributed by atoms with Crippen LogP contribution in [0.1, 0.15) is 43.1 Å². The first-order valence-electron chi connectivity index (χ1n) is 8.93. The number of amides is 1. The smallest absolute Gasteiger partial charge is 0.272 e. The Morgan fingerprint density at radius 2 is 2.19 bits per heavy atom. The Kier molecular flexibility index (Phi) is 4.42. The number of aliphatic hydroxyl groups excluding tert-OH is 1. The Balaban J connectivity index is 1.56. The lowest BCUT2D eigenvalue weighted by molar-refractivity contribution is 0.0830. The van der Waals surface area contributed by atoms with Gasteiger partial charge in [-0.2, -0.15) is 5.10 Å². The number of pyridine rings is 1. The zero-order chi connectivity index (χ0) is 18.1. The molecule has 1 atom stereocenters. The van der Waals surface area contributed by atoms with Gasteiger partial charge in [0.05, 0.1) is 17.8 Å². The molecule has 8 heteroatoms. The van der Waals surface area contributed by atoms with Crippen molar-refractivity contribution in [1.82, 2.24) is 30.0 Å². The second-order valence-electron chi connectivity index (χ2n) is 6.96. The molecule has 3 aromatic heterocycles. The quantitative estimate of drug-likeness (QED) is 0.662. The van der Waals surface area contributed by atoms with Crippen LogP contribution < -0.4 is 5.32 Å². The van der Waals surface area contributed by atoms with E-state index in [-0.39, 0.29) is 18.1 Å².